The first-order valence-corrected chi connectivity index (χ1v) is 11.5. The SMILES string of the molecule is COc1ccc2c3c1OC1C34CCNC(C2)[C@@]42CC(C(C)(O)C(C)(C)C)[C@]1(OC)C2. The van der Waals surface area contributed by atoms with Crippen LogP contribution >= 0.6 is 0 Å². The van der Waals surface area contributed by atoms with Gasteiger partial charge in [-0.05, 0) is 56.2 Å². The number of rotatable bonds is 3. The average molecular weight is 414 g/mol. The normalized spacial score (nSPS) is 44.4. The lowest BCUT2D eigenvalue weighted by atomic mass is 9.46. The molecule has 0 aromatic heterocycles. The molecule has 3 fully saturated rings. The number of hydrogen-bond acceptors (Lipinski definition) is 5. The summed E-state index contributed by atoms with van der Waals surface area (Å²) in [6, 6.07) is 4.69. The molecule has 1 aromatic rings. The maximum atomic E-state index is 11.9. The summed E-state index contributed by atoms with van der Waals surface area (Å²) in [5, 5.41) is 15.8. The van der Waals surface area contributed by atoms with E-state index >= 15 is 0 Å². The monoisotopic (exact) mass is 413 g/mol. The van der Waals surface area contributed by atoms with E-state index in [-0.39, 0.29) is 28.3 Å². The van der Waals surface area contributed by atoms with Crippen LogP contribution in [0.15, 0.2) is 12.1 Å². The fourth-order valence-corrected chi connectivity index (χ4v) is 8.48. The fraction of sp³-hybridized carbons (Fsp3) is 0.760. The molecule has 2 spiro atoms. The molecule has 164 valence electrons. The Hall–Kier alpha value is -1.30. The zero-order chi connectivity index (χ0) is 21.3. The van der Waals surface area contributed by atoms with Gasteiger partial charge in [-0.15, -0.1) is 0 Å². The highest BCUT2D eigenvalue weighted by Gasteiger charge is 2.86. The zero-order valence-electron chi connectivity index (χ0n) is 19.1. The first-order chi connectivity index (χ1) is 14.1. The summed E-state index contributed by atoms with van der Waals surface area (Å²) < 4.78 is 19.1. The number of aliphatic hydroxyl groups is 1. The van der Waals surface area contributed by atoms with Gasteiger partial charge in [0, 0.05) is 35.5 Å². The van der Waals surface area contributed by atoms with E-state index in [2.05, 4.69) is 38.2 Å². The zero-order valence-corrected chi connectivity index (χ0v) is 19.1. The second kappa shape index (κ2) is 5.36. The Kier molecular flexibility index (Phi) is 3.46. The summed E-state index contributed by atoms with van der Waals surface area (Å²) in [4.78, 5) is 0. The van der Waals surface area contributed by atoms with Crippen molar-refractivity contribution in [3.8, 4) is 11.5 Å². The van der Waals surface area contributed by atoms with Gasteiger partial charge in [0.25, 0.3) is 0 Å². The molecular weight excluding hydrogens is 378 g/mol. The molecule has 5 unspecified atom stereocenters. The summed E-state index contributed by atoms with van der Waals surface area (Å²) in [5.41, 5.74) is 1.13. The van der Waals surface area contributed by atoms with Crippen molar-refractivity contribution in [2.24, 2.45) is 16.7 Å². The van der Waals surface area contributed by atoms with E-state index in [1.165, 1.54) is 11.1 Å². The van der Waals surface area contributed by atoms with Crippen molar-refractivity contribution in [2.45, 2.75) is 82.1 Å². The van der Waals surface area contributed by atoms with Gasteiger partial charge in [-0.3, -0.25) is 0 Å². The number of hydrogen-bond donors (Lipinski definition) is 2. The standard InChI is InChI=1S/C25H35NO4/c1-21(2,3)22(4,27)16-12-23-13-25(16,29-6)20-24(23)9-10-26-17(23)11-14-7-8-15(28-5)19(30-20)18(14)24/h7-8,16-17,20,26-27H,9-13H2,1-6H3/t16?,17?,20?,22?,23-,24?,25+/m0/s1. The molecule has 2 saturated carbocycles. The number of ether oxygens (including phenoxy) is 3. The molecule has 5 nitrogen and oxygen atoms in total. The van der Waals surface area contributed by atoms with Crippen molar-refractivity contribution >= 4 is 0 Å². The Balaban J connectivity index is 1.62. The minimum absolute atomic E-state index is 0.0115. The van der Waals surface area contributed by atoms with Crippen molar-refractivity contribution in [1.29, 1.82) is 0 Å². The average Bonchev–Trinajstić information content (AvgIpc) is 3.28. The smallest absolute Gasteiger partial charge is 0.165 e. The predicted molar refractivity (Wildman–Crippen MR) is 114 cm³/mol. The van der Waals surface area contributed by atoms with E-state index in [9.17, 15) is 5.11 Å². The van der Waals surface area contributed by atoms with Gasteiger partial charge in [-0.2, -0.15) is 0 Å². The third kappa shape index (κ3) is 1.74. The lowest BCUT2D eigenvalue weighted by Crippen LogP contribution is -2.71. The van der Waals surface area contributed by atoms with E-state index in [4.69, 9.17) is 14.2 Å². The highest BCUT2D eigenvalue weighted by molar-refractivity contribution is 5.64. The summed E-state index contributed by atoms with van der Waals surface area (Å²) in [6.07, 6.45) is 3.90. The van der Waals surface area contributed by atoms with E-state index in [1.54, 1.807) is 7.11 Å². The molecule has 1 aromatic carbocycles. The molecule has 0 amide bonds. The van der Waals surface area contributed by atoms with Crippen LogP contribution in [-0.4, -0.2) is 49.2 Å². The second-order valence-corrected chi connectivity index (χ2v) is 11.7. The van der Waals surface area contributed by atoms with Crippen LogP contribution in [-0.2, 0) is 16.6 Å². The summed E-state index contributed by atoms with van der Waals surface area (Å²) in [6.45, 7) is 9.44. The summed E-state index contributed by atoms with van der Waals surface area (Å²) in [7, 11) is 3.56. The minimum Gasteiger partial charge on any atom is -0.493 e. The van der Waals surface area contributed by atoms with Crippen molar-refractivity contribution in [3.63, 3.8) is 0 Å². The Labute approximate surface area is 179 Å². The van der Waals surface area contributed by atoms with Gasteiger partial charge >= 0.3 is 0 Å². The predicted octanol–water partition coefficient (Wildman–Crippen LogP) is 3.20. The molecule has 5 heteroatoms. The molecule has 6 rings (SSSR count). The summed E-state index contributed by atoms with van der Waals surface area (Å²) in [5.74, 6) is 1.77. The largest absolute Gasteiger partial charge is 0.493 e. The van der Waals surface area contributed by atoms with Gasteiger partial charge in [0.1, 0.15) is 11.7 Å². The summed E-state index contributed by atoms with van der Waals surface area (Å²) >= 11 is 0. The Bertz CT molecular complexity index is 936. The van der Waals surface area contributed by atoms with Crippen LogP contribution in [0.5, 0.6) is 11.5 Å². The molecule has 4 bridgehead atoms. The number of piperidine rings is 1. The fourth-order valence-electron chi connectivity index (χ4n) is 8.48. The Morgan fingerprint density at radius 2 is 1.97 bits per heavy atom. The number of methoxy groups -OCH3 is 2. The van der Waals surface area contributed by atoms with Crippen molar-refractivity contribution in [1.82, 2.24) is 5.32 Å². The van der Waals surface area contributed by atoms with Crippen molar-refractivity contribution in [3.05, 3.63) is 23.3 Å². The van der Waals surface area contributed by atoms with Crippen LogP contribution in [0.25, 0.3) is 0 Å². The van der Waals surface area contributed by atoms with Crippen LogP contribution in [0.3, 0.4) is 0 Å². The van der Waals surface area contributed by atoms with E-state index in [0.29, 0.717) is 6.04 Å². The van der Waals surface area contributed by atoms with Gasteiger partial charge in [0.05, 0.1) is 12.7 Å². The molecular formula is C25H35NO4. The number of fused-ring (bicyclic) bond motifs is 2. The van der Waals surface area contributed by atoms with Gasteiger partial charge < -0.3 is 24.6 Å². The first-order valence-electron chi connectivity index (χ1n) is 11.5. The van der Waals surface area contributed by atoms with Gasteiger partial charge in [0.2, 0.25) is 0 Å². The molecule has 7 atom stereocenters. The molecule has 3 aliphatic carbocycles. The number of nitrogens with one attached hydrogen (secondary N) is 1. The molecule has 2 heterocycles. The third-order valence-electron chi connectivity index (χ3n) is 10.2. The third-order valence-corrected chi connectivity index (χ3v) is 10.2. The minimum atomic E-state index is -0.870. The van der Waals surface area contributed by atoms with Gasteiger partial charge in [-0.25, -0.2) is 0 Å². The molecule has 0 radical (unpaired) electrons. The Morgan fingerprint density at radius 1 is 1.20 bits per heavy atom. The van der Waals surface area contributed by atoms with Crippen molar-refractivity contribution < 1.29 is 19.3 Å². The molecule has 2 aliphatic heterocycles. The van der Waals surface area contributed by atoms with E-state index in [0.717, 1.165) is 43.7 Å². The van der Waals surface area contributed by atoms with Crippen LogP contribution in [0.2, 0.25) is 0 Å². The maximum absolute atomic E-state index is 11.9. The maximum Gasteiger partial charge on any atom is 0.165 e. The van der Waals surface area contributed by atoms with Crippen LogP contribution in [0, 0.1) is 16.7 Å². The highest BCUT2D eigenvalue weighted by atomic mass is 16.6. The second-order valence-electron chi connectivity index (χ2n) is 11.7. The van der Waals surface area contributed by atoms with Crippen LogP contribution in [0.1, 0.15) is 58.1 Å². The highest BCUT2D eigenvalue weighted by Crippen LogP contribution is 2.80. The van der Waals surface area contributed by atoms with Gasteiger partial charge in [-0.1, -0.05) is 26.8 Å². The van der Waals surface area contributed by atoms with Crippen molar-refractivity contribution in [2.75, 3.05) is 20.8 Å². The lowest BCUT2D eigenvalue weighted by Gasteiger charge is -2.61. The lowest BCUT2D eigenvalue weighted by molar-refractivity contribution is -0.208. The molecule has 5 aliphatic rings. The van der Waals surface area contributed by atoms with Crippen LogP contribution < -0.4 is 14.8 Å². The topological polar surface area (TPSA) is 60.0 Å². The number of benzene rings is 1. The van der Waals surface area contributed by atoms with Crippen LogP contribution in [0.4, 0.5) is 0 Å². The first kappa shape index (κ1) is 19.4. The quantitative estimate of drug-likeness (QED) is 0.797. The molecule has 1 saturated heterocycles. The molecule has 2 N–H and O–H groups in total. The molecule has 30 heavy (non-hydrogen) atoms. The Morgan fingerprint density at radius 3 is 2.63 bits per heavy atom. The van der Waals surface area contributed by atoms with E-state index in [1.807, 2.05) is 14.0 Å². The van der Waals surface area contributed by atoms with E-state index < -0.39 is 11.2 Å². The van der Waals surface area contributed by atoms with Gasteiger partial charge in [0.15, 0.2) is 11.5 Å².